The maximum atomic E-state index is 11.1. The van der Waals surface area contributed by atoms with E-state index in [0.29, 0.717) is 0 Å². The van der Waals surface area contributed by atoms with Gasteiger partial charge in [0.25, 0.3) is 0 Å². The topological polar surface area (TPSA) is 17.1 Å². The molecule has 3 rings (SSSR count). The Balaban J connectivity index is 2.34. The van der Waals surface area contributed by atoms with E-state index in [0.717, 1.165) is 23.0 Å². The van der Waals surface area contributed by atoms with Crippen LogP contribution in [0, 0.1) is 6.92 Å². The Labute approximate surface area is 112 Å². The molecule has 0 aliphatic heterocycles. The fraction of sp³-hybridized carbons (Fsp3) is 0.0556. The SMILES string of the molecule is Cc1c(C=O)cccc1-c1cccc2ccccc12. The van der Waals surface area contributed by atoms with Gasteiger partial charge in [-0.3, -0.25) is 4.79 Å². The van der Waals surface area contributed by atoms with Crippen LogP contribution in [0.25, 0.3) is 21.9 Å². The quantitative estimate of drug-likeness (QED) is 0.602. The van der Waals surface area contributed by atoms with Crippen LogP contribution in [0.1, 0.15) is 15.9 Å². The van der Waals surface area contributed by atoms with Gasteiger partial charge >= 0.3 is 0 Å². The number of benzene rings is 3. The van der Waals surface area contributed by atoms with E-state index >= 15 is 0 Å². The average Bonchev–Trinajstić information content (AvgIpc) is 2.47. The third-order valence-electron chi connectivity index (χ3n) is 3.58. The molecular formula is C18H14O. The lowest BCUT2D eigenvalue weighted by atomic mass is 9.93. The van der Waals surface area contributed by atoms with Gasteiger partial charge in [-0.05, 0) is 34.4 Å². The second-order valence-corrected chi connectivity index (χ2v) is 4.66. The van der Waals surface area contributed by atoms with Crippen molar-refractivity contribution < 1.29 is 4.79 Å². The minimum absolute atomic E-state index is 0.755. The predicted octanol–water partition coefficient (Wildman–Crippen LogP) is 4.63. The maximum absolute atomic E-state index is 11.1. The zero-order valence-corrected chi connectivity index (χ0v) is 10.8. The second-order valence-electron chi connectivity index (χ2n) is 4.66. The number of fused-ring (bicyclic) bond motifs is 1. The van der Waals surface area contributed by atoms with Gasteiger partial charge in [-0.15, -0.1) is 0 Å². The number of hydrogen-bond acceptors (Lipinski definition) is 1. The first-order chi connectivity index (χ1) is 9.31. The van der Waals surface area contributed by atoms with Gasteiger partial charge in [-0.2, -0.15) is 0 Å². The molecule has 92 valence electrons. The molecule has 1 nitrogen and oxygen atoms in total. The van der Waals surface area contributed by atoms with Gasteiger partial charge in [0.15, 0.2) is 0 Å². The number of rotatable bonds is 2. The highest BCUT2D eigenvalue weighted by Crippen LogP contribution is 2.31. The highest BCUT2D eigenvalue weighted by Gasteiger charge is 2.08. The molecule has 3 aromatic carbocycles. The monoisotopic (exact) mass is 246 g/mol. The Kier molecular flexibility index (Phi) is 2.88. The lowest BCUT2D eigenvalue weighted by molar-refractivity contribution is 0.112. The van der Waals surface area contributed by atoms with Crippen molar-refractivity contribution in [1.82, 2.24) is 0 Å². The van der Waals surface area contributed by atoms with Crippen molar-refractivity contribution in [3.05, 3.63) is 71.8 Å². The first-order valence-corrected chi connectivity index (χ1v) is 6.34. The molecule has 0 heterocycles. The van der Waals surface area contributed by atoms with Crippen LogP contribution in [-0.2, 0) is 0 Å². The van der Waals surface area contributed by atoms with Gasteiger partial charge in [-0.25, -0.2) is 0 Å². The number of aldehydes is 1. The van der Waals surface area contributed by atoms with Crippen LogP contribution < -0.4 is 0 Å². The van der Waals surface area contributed by atoms with Crippen LogP contribution in [0.4, 0.5) is 0 Å². The first-order valence-electron chi connectivity index (χ1n) is 6.34. The summed E-state index contributed by atoms with van der Waals surface area (Å²) < 4.78 is 0. The molecule has 0 fully saturated rings. The van der Waals surface area contributed by atoms with E-state index in [1.807, 2.05) is 31.2 Å². The zero-order chi connectivity index (χ0) is 13.2. The van der Waals surface area contributed by atoms with Crippen molar-refractivity contribution in [3.8, 4) is 11.1 Å². The van der Waals surface area contributed by atoms with E-state index < -0.39 is 0 Å². The van der Waals surface area contributed by atoms with Crippen LogP contribution in [-0.4, -0.2) is 6.29 Å². The smallest absolute Gasteiger partial charge is 0.150 e. The average molecular weight is 246 g/mol. The minimum atomic E-state index is 0.755. The van der Waals surface area contributed by atoms with Crippen molar-refractivity contribution in [1.29, 1.82) is 0 Å². The van der Waals surface area contributed by atoms with Crippen molar-refractivity contribution >= 4 is 17.1 Å². The number of hydrogen-bond donors (Lipinski definition) is 0. The summed E-state index contributed by atoms with van der Waals surface area (Å²) >= 11 is 0. The largest absolute Gasteiger partial charge is 0.298 e. The van der Waals surface area contributed by atoms with E-state index in [4.69, 9.17) is 0 Å². The van der Waals surface area contributed by atoms with Gasteiger partial charge in [0, 0.05) is 5.56 Å². The molecule has 19 heavy (non-hydrogen) atoms. The fourth-order valence-electron chi connectivity index (χ4n) is 2.53. The Bertz CT molecular complexity index is 751. The molecule has 0 saturated heterocycles. The van der Waals surface area contributed by atoms with Crippen molar-refractivity contribution in [2.24, 2.45) is 0 Å². The summed E-state index contributed by atoms with van der Waals surface area (Å²) in [5.41, 5.74) is 4.10. The fourth-order valence-corrected chi connectivity index (χ4v) is 2.53. The first kappa shape index (κ1) is 11.7. The lowest BCUT2D eigenvalue weighted by Crippen LogP contribution is -1.91. The third kappa shape index (κ3) is 1.93. The third-order valence-corrected chi connectivity index (χ3v) is 3.58. The van der Waals surface area contributed by atoms with Crippen LogP contribution in [0.15, 0.2) is 60.7 Å². The van der Waals surface area contributed by atoms with Crippen LogP contribution >= 0.6 is 0 Å². The van der Waals surface area contributed by atoms with E-state index in [2.05, 4.69) is 36.4 Å². The Morgan fingerprint density at radius 3 is 2.32 bits per heavy atom. The standard InChI is InChI=1S/C18H14O/c1-13-15(12-19)8-5-10-16(13)18-11-4-7-14-6-2-3-9-17(14)18/h2-12H,1H3. The number of carbonyl (C=O) groups is 1. The molecule has 0 bridgehead atoms. The van der Waals surface area contributed by atoms with Gasteiger partial charge in [0.05, 0.1) is 0 Å². The minimum Gasteiger partial charge on any atom is -0.298 e. The van der Waals surface area contributed by atoms with Gasteiger partial charge < -0.3 is 0 Å². The molecule has 0 aromatic heterocycles. The van der Waals surface area contributed by atoms with Gasteiger partial charge in [0.2, 0.25) is 0 Å². The summed E-state index contributed by atoms with van der Waals surface area (Å²) in [6, 6.07) is 20.5. The van der Waals surface area contributed by atoms with Crippen LogP contribution in [0.2, 0.25) is 0 Å². The summed E-state index contributed by atoms with van der Waals surface area (Å²) in [5.74, 6) is 0. The Morgan fingerprint density at radius 2 is 1.47 bits per heavy atom. The molecule has 0 saturated carbocycles. The predicted molar refractivity (Wildman–Crippen MR) is 79.5 cm³/mol. The highest BCUT2D eigenvalue weighted by molar-refractivity contribution is 5.98. The molecule has 0 unspecified atom stereocenters. The molecule has 0 aliphatic carbocycles. The molecule has 0 spiro atoms. The molecular weight excluding hydrogens is 232 g/mol. The van der Waals surface area contributed by atoms with Crippen molar-refractivity contribution in [2.45, 2.75) is 6.92 Å². The van der Waals surface area contributed by atoms with Crippen molar-refractivity contribution in [3.63, 3.8) is 0 Å². The molecule has 0 atom stereocenters. The normalized spacial score (nSPS) is 10.6. The van der Waals surface area contributed by atoms with E-state index in [-0.39, 0.29) is 0 Å². The van der Waals surface area contributed by atoms with Crippen molar-refractivity contribution in [2.75, 3.05) is 0 Å². The summed E-state index contributed by atoms with van der Waals surface area (Å²) in [7, 11) is 0. The van der Waals surface area contributed by atoms with E-state index in [1.54, 1.807) is 0 Å². The maximum Gasteiger partial charge on any atom is 0.150 e. The summed E-state index contributed by atoms with van der Waals surface area (Å²) in [5, 5.41) is 2.44. The van der Waals surface area contributed by atoms with Crippen LogP contribution in [0.5, 0.6) is 0 Å². The highest BCUT2D eigenvalue weighted by atomic mass is 16.1. The van der Waals surface area contributed by atoms with Gasteiger partial charge in [-0.1, -0.05) is 60.7 Å². The second kappa shape index (κ2) is 4.69. The molecule has 0 aliphatic rings. The van der Waals surface area contributed by atoms with Crippen LogP contribution in [0.3, 0.4) is 0 Å². The van der Waals surface area contributed by atoms with E-state index in [9.17, 15) is 4.79 Å². The number of carbonyl (C=O) groups excluding carboxylic acids is 1. The summed E-state index contributed by atoms with van der Waals surface area (Å²) in [6.45, 7) is 2.00. The Hall–Kier alpha value is -2.41. The Morgan fingerprint density at radius 1 is 0.789 bits per heavy atom. The molecule has 0 amide bonds. The summed E-state index contributed by atoms with van der Waals surface area (Å²) in [6.07, 6.45) is 0.921. The molecule has 3 aromatic rings. The summed E-state index contributed by atoms with van der Waals surface area (Å²) in [4.78, 5) is 11.1. The lowest BCUT2D eigenvalue weighted by Gasteiger charge is -2.11. The van der Waals surface area contributed by atoms with E-state index in [1.165, 1.54) is 16.3 Å². The molecule has 0 N–H and O–H groups in total. The molecule has 0 radical (unpaired) electrons. The van der Waals surface area contributed by atoms with Gasteiger partial charge in [0.1, 0.15) is 6.29 Å². The molecule has 1 heteroatoms. The zero-order valence-electron chi connectivity index (χ0n) is 10.8.